The molecule has 0 spiro atoms. The Kier molecular flexibility index (Phi) is 6.01. The van der Waals surface area contributed by atoms with Crippen molar-refractivity contribution in [1.82, 2.24) is 10.2 Å². The first-order chi connectivity index (χ1) is 9.72. The molecule has 0 aromatic carbocycles. The molecule has 0 bridgehead atoms. The highest BCUT2D eigenvalue weighted by Crippen LogP contribution is 2.18. The molecule has 1 aliphatic heterocycles. The molecule has 20 heavy (non-hydrogen) atoms. The maximum Gasteiger partial charge on any atom is 0.248 e. The molecular formula is C15H24N2O2S. The van der Waals surface area contributed by atoms with Crippen molar-refractivity contribution in [2.45, 2.75) is 38.8 Å². The molecule has 0 saturated carbocycles. The van der Waals surface area contributed by atoms with Crippen molar-refractivity contribution in [1.29, 1.82) is 0 Å². The summed E-state index contributed by atoms with van der Waals surface area (Å²) in [6.45, 7) is 5.01. The highest BCUT2D eigenvalue weighted by atomic mass is 32.1. The van der Waals surface area contributed by atoms with Gasteiger partial charge in [-0.1, -0.05) is 6.92 Å². The summed E-state index contributed by atoms with van der Waals surface area (Å²) in [6.07, 6.45) is 3.17. The number of thiophene rings is 1. The quantitative estimate of drug-likeness (QED) is 0.873. The van der Waals surface area contributed by atoms with Crippen LogP contribution in [0.25, 0.3) is 0 Å². The Bertz CT molecular complexity index is 425. The smallest absolute Gasteiger partial charge is 0.248 e. The van der Waals surface area contributed by atoms with Crippen LogP contribution in [0.3, 0.4) is 0 Å². The predicted octanol–water partition coefficient (Wildman–Crippen LogP) is 2.04. The van der Waals surface area contributed by atoms with Crippen LogP contribution < -0.4 is 5.32 Å². The molecule has 1 fully saturated rings. The van der Waals surface area contributed by atoms with E-state index < -0.39 is 0 Å². The molecule has 0 radical (unpaired) electrons. The van der Waals surface area contributed by atoms with Gasteiger partial charge in [0.2, 0.25) is 5.91 Å². The van der Waals surface area contributed by atoms with Gasteiger partial charge in [0.25, 0.3) is 0 Å². The van der Waals surface area contributed by atoms with Gasteiger partial charge in [0.1, 0.15) is 6.61 Å². The molecule has 1 amide bonds. The minimum Gasteiger partial charge on any atom is -0.375 e. The van der Waals surface area contributed by atoms with Crippen molar-refractivity contribution in [3.05, 3.63) is 21.9 Å². The maximum absolute atomic E-state index is 11.7. The first kappa shape index (κ1) is 15.5. The van der Waals surface area contributed by atoms with Crippen molar-refractivity contribution in [3.8, 4) is 0 Å². The first-order valence-corrected chi connectivity index (χ1v) is 8.12. The second-order valence-electron chi connectivity index (χ2n) is 5.19. The van der Waals surface area contributed by atoms with Gasteiger partial charge in [-0.2, -0.15) is 0 Å². The molecule has 112 valence electrons. The molecule has 0 atom stereocenters. The van der Waals surface area contributed by atoms with Gasteiger partial charge in [-0.15, -0.1) is 11.3 Å². The van der Waals surface area contributed by atoms with Gasteiger partial charge < -0.3 is 15.0 Å². The zero-order valence-corrected chi connectivity index (χ0v) is 13.2. The molecule has 0 aliphatic carbocycles. The van der Waals surface area contributed by atoms with E-state index in [-0.39, 0.29) is 12.5 Å². The standard InChI is InChI=1S/C15H24N2O2S/c1-3-13-4-5-14(20-13)10-16-12-6-8-17(9-7-12)15(18)11-19-2/h4-5,12,16H,3,6-11H2,1-2H3. The van der Waals surface area contributed by atoms with Crippen molar-refractivity contribution >= 4 is 17.2 Å². The largest absolute Gasteiger partial charge is 0.375 e. The second-order valence-corrected chi connectivity index (χ2v) is 6.44. The summed E-state index contributed by atoms with van der Waals surface area (Å²) in [5.74, 6) is 0.108. The third-order valence-electron chi connectivity index (χ3n) is 3.75. The van der Waals surface area contributed by atoms with Gasteiger partial charge >= 0.3 is 0 Å². The summed E-state index contributed by atoms with van der Waals surface area (Å²) in [6, 6.07) is 4.95. The van der Waals surface area contributed by atoms with E-state index in [2.05, 4.69) is 24.4 Å². The van der Waals surface area contributed by atoms with Gasteiger partial charge in [-0.3, -0.25) is 4.79 Å². The molecule has 1 aliphatic rings. The van der Waals surface area contributed by atoms with E-state index >= 15 is 0 Å². The fraction of sp³-hybridized carbons (Fsp3) is 0.667. The Morgan fingerprint density at radius 3 is 2.70 bits per heavy atom. The predicted molar refractivity (Wildman–Crippen MR) is 82.0 cm³/mol. The fourth-order valence-electron chi connectivity index (χ4n) is 2.50. The first-order valence-electron chi connectivity index (χ1n) is 7.30. The van der Waals surface area contributed by atoms with Crippen LogP contribution in [0.1, 0.15) is 29.5 Å². The SMILES string of the molecule is CCc1ccc(CNC2CCN(C(=O)COC)CC2)s1. The third kappa shape index (κ3) is 4.30. The van der Waals surface area contributed by atoms with Crippen molar-refractivity contribution < 1.29 is 9.53 Å². The van der Waals surface area contributed by atoms with Gasteiger partial charge in [0, 0.05) is 42.5 Å². The molecule has 1 aromatic heterocycles. The molecule has 1 saturated heterocycles. The van der Waals surface area contributed by atoms with Crippen molar-refractivity contribution in [2.24, 2.45) is 0 Å². The summed E-state index contributed by atoms with van der Waals surface area (Å²) in [5, 5.41) is 3.61. The Balaban J connectivity index is 1.70. The minimum absolute atomic E-state index is 0.108. The molecule has 5 heteroatoms. The number of aryl methyl sites for hydroxylation is 1. The van der Waals surface area contributed by atoms with E-state index in [0.717, 1.165) is 38.9 Å². The summed E-state index contributed by atoms with van der Waals surface area (Å²) >= 11 is 1.89. The van der Waals surface area contributed by atoms with E-state index in [9.17, 15) is 4.79 Å². The lowest BCUT2D eigenvalue weighted by molar-refractivity contribution is -0.136. The maximum atomic E-state index is 11.7. The number of piperidine rings is 1. The van der Waals surface area contributed by atoms with Crippen LogP contribution in [0.4, 0.5) is 0 Å². The number of carbonyl (C=O) groups excluding carboxylic acids is 1. The molecule has 1 N–H and O–H groups in total. The van der Waals surface area contributed by atoms with Crippen LogP contribution in [0.5, 0.6) is 0 Å². The number of hydrogen-bond acceptors (Lipinski definition) is 4. The highest BCUT2D eigenvalue weighted by molar-refractivity contribution is 7.11. The normalized spacial score (nSPS) is 16.6. The monoisotopic (exact) mass is 296 g/mol. The average molecular weight is 296 g/mol. The van der Waals surface area contributed by atoms with Gasteiger partial charge in [-0.25, -0.2) is 0 Å². The number of ether oxygens (including phenoxy) is 1. The Morgan fingerprint density at radius 2 is 2.10 bits per heavy atom. The fourth-order valence-corrected chi connectivity index (χ4v) is 3.41. The van der Waals surface area contributed by atoms with Crippen LogP contribution in [0.15, 0.2) is 12.1 Å². The summed E-state index contributed by atoms with van der Waals surface area (Å²) < 4.78 is 4.90. The topological polar surface area (TPSA) is 41.6 Å². The van der Waals surface area contributed by atoms with E-state index in [0.29, 0.717) is 6.04 Å². The number of nitrogens with zero attached hydrogens (tertiary/aromatic N) is 1. The van der Waals surface area contributed by atoms with Crippen LogP contribution in [0, 0.1) is 0 Å². The molecular weight excluding hydrogens is 272 g/mol. The van der Waals surface area contributed by atoms with E-state index in [4.69, 9.17) is 4.74 Å². The van der Waals surface area contributed by atoms with Crippen LogP contribution >= 0.6 is 11.3 Å². The number of carbonyl (C=O) groups is 1. The minimum atomic E-state index is 0.108. The highest BCUT2D eigenvalue weighted by Gasteiger charge is 2.22. The lowest BCUT2D eigenvalue weighted by atomic mass is 10.1. The zero-order valence-electron chi connectivity index (χ0n) is 12.4. The number of rotatable bonds is 6. The van der Waals surface area contributed by atoms with E-state index in [1.807, 2.05) is 16.2 Å². The van der Waals surface area contributed by atoms with Crippen molar-refractivity contribution in [2.75, 3.05) is 26.8 Å². The average Bonchev–Trinajstić information content (AvgIpc) is 2.94. The number of hydrogen-bond donors (Lipinski definition) is 1. The van der Waals surface area contributed by atoms with Crippen molar-refractivity contribution in [3.63, 3.8) is 0 Å². The van der Waals surface area contributed by atoms with Gasteiger partial charge in [0.15, 0.2) is 0 Å². The number of amides is 1. The summed E-state index contributed by atoms with van der Waals surface area (Å²) in [5.41, 5.74) is 0. The number of likely N-dealkylation sites (tertiary alicyclic amines) is 1. The van der Waals surface area contributed by atoms with Gasteiger partial charge in [0.05, 0.1) is 0 Å². The summed E-state index contributed by atoms with van der Waals surface area (Å²) in [4.78, 5) is 16.5. The number of methoxy groups -OCH3 is 1. The van der Waals surface area contributed by atoms with Crippen LogP contribution in [-0.4, -0.2) is 43.7 Å². The second kappa shape index (κ2) is 7.76. The summed E-state index contributed by atoms with van der Waals surface area (Å²) in [7, 11) is 1.57. The molecule has 4 nitrogen and oxygen atoms in total. The van der Waals surface area contributed by atoms with E-state index in [1.165, 1.54) is 9.75 Å². The zero-order chi connectivity index (χ0) is 14.4. The Labute approximate surface area is 125 Å². The van der Waals surface area contributed by atoms with Gasteiger partial charge in [-0.05, 0) is 31.4 Å². The lowest BCUT2D eigenvalue weighted by Gasteiger charge is -2.32. The molecule has 1 aromatic rings. The van der Waals surface area contributed by atoms with E-state index in [1.54, 1.807) is 7.11 Å². The molecule has 2 rings (SSSR count). The Hall–Kier alpha value is -0.910. The Morgan fingerprint density at radius 1 is 1.40 bits per heavy atom. The molecule has 2 heterocycles. The van der Waals surface area contributed by atoms with Crippen LogP contribution in [0.2, 0.25) is 0 Å². The third-order valence-corrected chi connectivity index (χ3v) is 4.98. The number of nitrogens with one attached hydrogen (secondary N) is 1. The van der Waals surface area contributed by atoms with Crippen LogP contribution in [-0.2, 0) is 22.5 Å². The lowest BCUT2D eigenvalue weighted by Crippen LogP contribution is -2.45. The molecule has 0 unspecified atom stereocenters.